The third kappa shape index (κ3) is 5.41. The molecule has 5 nitrogen and oxygen atoms in total. The number of aliphatic hydroxyl groups is 1. The number of thiocarbonyl (C=S) groups is 1. The molecule has 6 heteroatoms. The monoisotopic (exact) mass is 309 g/mol. The lowest BCUT2D eigenvalue weighted by Crippen LogP contribution is -2.38. The van der Waals surface area contributed by atoms with Gasteiger partial charge in [-0.2, -0.15) is 0 Å². The topological polar surface area (TPSA) is 69.8 Å². The van der Waals surface area contributed by atoms with Crippen LogP contribution in [0.2, 0.25) is 0 Å². The fourth-order valence-electron chi connectivity index (χ4n) is 1.86. The summed E-state index contributed by atoms with van der Waals surface area (Å²) >= 11 is 4.90. The van der Waals surface area contributed by atoms with Gasteiger partial charge in [-0.15, -0.1) is 0 Å². The third-order valence-electron chi connectivity index (χ3n) is 3.32. The molecule has 0 spiro atoms. The van der Waals surface area contributed by atoms with Crippen LogP contribution in [0.4, 0.5) is 0 Å². The zero-order valence-corrected chi connectivity index (χ0v) is 13.6. The summed E-state index contributed by atoms with van der Waals surface area (Å²) in [7, 11) is 3.45. The number of nitrogens with two attached hydrogens (primary N) is 1. The van der Waals surface area contributed by atoms with Gasteiger partial charge in [-0.25, -0.2) is 0 Å². The van der Waals surface area contributed by atoms with Crippen molar-refractivity contribution in [3.8, 4) is 0 Å². The van der Waals surface area contributed by atoms with Gasteiger partial charge in [0.2, 0.25) is 5.91 Å². The van der Waals surface area contributed by atoms with Crippen LogP contribution >= 0.6 is 12.2 Å². The number of benzene rings is 1. The van der Waals surface area contributed by atoms with Crippen molar-refractivity contribution in [3.05, 3.63) is 35.4 Å². The van der Waals surface area contributed by atoms with Crippen molar-refractivity contribution in [3.63, 3.8) is 0 Å². The molecule has 0 saturated carbocycles. The van der Waals surface area contributed by atoms with Crippen LogP contribution in [-0.2, 0) is 4.79 Å². The first-order chi connectivity index (χ1) is 9.85. The number of amides is 1. The first-order valence-electron chi connectivity index (χ1n) is 6.85. The summed E-state index contributed by atoms with van der Waals surface area (Å²) in [6.07, 6.45) is -0.652. The quantitative estimate of drug-likeness (QED) is 0.728. The van der Waals surface area contributed by atoms with Gasteiger partial charge in [-0.3, -0.25) is 9.69 Å². The van der Waals surface area contributed by atoms with E-state index in [9.17, 15) is 9.90 Å². The predicted octanol–water partition coefficient (Wildman–Crippen LogP) is 0.764. The fraction of sp³-hybridized carbons (Fsp3) is 0.467. The number of hydrogen-bond donors (Lipinski definition) is 2. The van der Waals surface area contributed by atoms with Crippen LogP contribution < -0.4 is 5.73 Å². The van der Waals surface area contributed by atoms with Crippen molar-refractivity contribution in [1.82, 2.24) is 9.80 Å². The van der Waals surface area contributed by atoms with Crippen molar-refractivity contribution in [1.29, 1.82) is 0 Å². The van der Waals surface area contributed by atoms with Gasteiger partial charge < -0.3 is 15.7 Å². The second-order valence-corrected chi connectivity index (χ2v) is 5.56. The normalized spacial score (nSPS) is 12.2. The minimum atomic E-state index is -0.652. The van der Waals surface area contributed by atoms with E-state index < -0.39 is 6.10 Å². The van der Waals surface area contributed by atoms with E-state index in [2.05, 4.69) is 0 Å². The van der Waals surface area contributed by atoms with E-state index in [-0.39, 0.29) is 5.91 Å². The Morgan fingerprint density at radius 1 is 1.33 bits per heavy atom. The minimum absolute atomic E-state index is 0.0212. The van der Waals surface area contributed by atoms with Gasteiger partial charge in [0.1, 0.15) is 4.99 Å². The molecule has 0 fully saturated rings. The highest BCUT2D eigenvalue weighted by Crippen LogP contribution is 2.15. The average molecular weight is 309 g/mol. The molecule has 0 aromatic heterocycles. The standard InChI is InChI=1S/C15H23N3O2S/c1-4-18(10-14(20)17(2)3)9-13(19)11-5-7-12(8-6-11)15(16)21/h5-8,13,19H,4,9-10H2,1-3H3,(H2,16,21). The van der Waals surface area contributed by atoms with Crippen molar-refractivity contribution in [2.45, 2.75) is 13.0 Å². The fourth-order valence-corrected chi connectivity index (χ4v) is 1.99. The Hall–Kier alpha value is -1.50. The average Bonchev–Trinajstić information content (AvgIpc) is 2.46. The number of nitrogens with zero attached hydrogens (tertiary/aromatic N) is 2. The Morgan fingerprint density at radius 3 is 2.33 bits per heavy atom. The molecule has 1 amide bonds. The Morgan fingerprint density at radius 2 is 1.90 bits per heavy atom. The van der Waals surface area contributed by atoms with Crippen molar-refractivity contribution >= 4 is 23.1 Å². The van der Waals surface area contributed by atoms with Gasteiger partial charge in [0.25, 0.3) is 0 Å². The Labute approximate surface area is 131 Å². The lowest BCUT2D eigenvalue weighted by molar-refractivity contribution is -0.130. The lowest BCUT2D eigenvalue weighted by Gasteiger charge is -2.24. The summed E-state index contributed by atoms with van der Waals surface area (Å²) in [5.41, 5.74) is 7.10. The van der Waals surface area contributed by atoms with Crippen LogP contribution in [0, 0.1) is 0 Å². The molecule has 3 N–H and O–H groups in total. The first-order valence-corrected chi connectivity index (χ1v) is 7.26. The molecule has 1 atom stereocenters. The zero-order chi connectivity index (χ0) is 16.0. The summed E-state index contributed by atoms with van der Waals surface area (Å²) in [5.74, 6) is 0.0212. The molecular weight excluding hydrogens is 286 g/mol. The van der Waals surface area contributed by atoms with Gasteiger partial charge in [0, 0.05) is 26.2 Å². The van der Waals surface area contributed by atoms with Crippen LogP contribution in [0.25, 0.3) is 0 Å². The summed E-state index contributed by atoms with van der Waals surface area (Å²) in [4.78, 5) is 15.5. The number of rotatable bonds is 7. The second-order valence-electron chi connectivity index (χ2n) is 5.12. The smallest absolute Gasteiger partial charge is 0.236 e. The van der Waals surface area contributed by atoms with Gasteiger partial charge in [0.15, 0.2) is 0 Å². The van der Waals surface area contributed by atoms with E-state index in [1.54, 1.807) is 43.3 Å². The Balaban J connectivity index is 2.67. The predicted molar refractivity (Wildman–Crippen MR) is 88.1 cm³/mol. The summed E-state index contributed by atoms with van der Waals surface area (Å²) in [5, 5.41) is 10.3. The maximum absolute atomic E-state index is 11.7. The van der Waals surface area contributed by atoms with Crippen LogP contribution in [0.15, 0.2) is 24.3 Å². The minimum Gasteiger partial charge on any atom is -0.389 e. The van der Waals surface area contributed by atoms with Crippen LogP contribution in [0.5, 0.6) is 0 Å². The molecule has 0 aliphatic rings. The Bertz CT molecular complexity index is 488. The molecule has 21 heavy (non-hydrogen) atoms. The van der Waals surface area contributed by atoms with E-state index in [0.29, 0.717) is 24.6 Å². The van der Waals surface area contributed by atoms with Crippen molar-refractivity contribution in [2.24, 2.45) is 5.73 Å². The molecule has 116 valence electrons. The second kappa shape index (κ2) is 8.07. The maximum Gasteiger partial charge on any atom is 0.236 e. The number of carbonyl (C=O) groups excluding carboxylic acids is 1. The molecule has 0 radical (unpaired) electrons. The summed E-state index contributed by atoms with van der Waals surface area (Å²) in [6, 6.07) is 7.20. The highest BCUT2D eigenvalue weighted by atomic mass is 32.1. The van der Waals surface area contributed by atoms with Gasteiger partial charge in [-0.05, 0) is 12.1 Å². The molecular formula is C15H23N3O2S. The molecule has 0 saturated heterocycles. The van der Waals surface area contributed by atoms with E-state index in [4.69, 9.17) is 18.0 Å². The zero-order valence-electron chi connectivity index (χ0n) is 12.7. The highest BCUT2D eigenvalue weighted by Gasteiger charge is 2.16. The molecule has 1 aromatic carbocycles. The SMILES string of the molecule is CCN(CC(=O)N(C)C)CC(O)c1ccc(C(N)=S)cc1. The van der Waals surface area contributed by atoms with Crippen molar-refractivity contribution < 1.29 is 9.90 Å². The number of carbonyl (C=O) groups is 1. The van der Waals surface area contributed by atoms with E-state index >= 15 is 0 Å². The summed E-state index contributed by atoms with van der Waals surface area (Å²) in [6.45, 7) is 3.36. The van der Waals surface area contributed by atoms with Gasteiger partial charge in [-0.1, -0.05) is 43.4 Å². The van der Waals surface area contributed by atoms with Gasteiger partial charge >= 0.3 is 0 Å². The van der Waals surface area contributed by atoms with Crippen LogP contribution in [0.3, 0.4) is 0 Å². The van der Waals surface area contributed by atoms with E-state index in [0.717, 1.165) is 11.1 Å². The molecule has 1 rings (SSSR count). The third-order valence-corrected chi connectivity index (χ3v) is 3.55. The maximum atomic E-state index is 11.7. The largest absolute Gasteiger partial charge is 0.389 e. The number of aliphatic hydroxyl groups excluding tert-OH is 1. The van der Waals surface area contributed by atoms with Gasteiger partial charge in [0.05, 0.1) is 12.6 Å². The molecule has 0 heterocycles. The van der Waals surface area contributed by atoms with Crippen LogP contribution in [0.1, 0.15) is 24.2 Å². The lowest BCUT2D eigenvalue weighted by atomic mass is 10.1. The number of likely N-dealkylation sites (N-methyl/N-ethyl adjacent to an activating group) is 2. The number of hydrogen-bond acceptors (Lipinski definition) is 4. The Kier molecular flexibility index (Phi) is 6.74. The van der Waals surface area contributed by atoms with E-state index in [1.165, 1.54) is 0 Å². The molecule has 0 bridgehead atoms. The molecule has 1 unspecified atom stereocenters. The highest BCUT2D eigenvalue weighted by molar-refractivity contribution is 7.80. The molecule has 0 aliphatic heterocycles. The first kappa shape index (κ1) is 17.6. The van der Waals surface area contributed by atoms with Crippen LogP contribution in [-0.4, -0.2) is 59.5 Å². The summed E-state index contributed by atoms with van der Waals surface area (Å²) < 4.78 is 0. The molecule has 1 aromatic rings. The van der Waals surface area contributed by atoms with Crippen molar-refractivity contribution in [2.75, 3.05) is 33.7 Å². The molecule has 0 aliphatic carbocycles. The van der Waals surface area contributed by atoms with E-state index in [1.807, 2.05) is 11.8 Å².